The molecule has 0 aliphatic carbocycles. The smallest absolute Gasteiger partial charge is 0.238 e. The fraction of sp³-hybridized carbons (Fsp3) is 0.350. The summed E-state index contributed by atoms with van der Waals surface area (Å²) in [5, 5.41) is 2.92. The SMILES string of the molecule is COc1ccc(NC(=O)CN(Cc2ccccc2)C(C)C)c(OC)c1. The van der Waals surface area contributed by atoms with Gasteiger partial charge in [-0.15, -0.1) is 0 Å². The van der Waals surface area contributed by atoms with Gasteiger partial charge in [-0.25, -0.2) is 0 Å². The van der Waals surface area contributed by atoms with E-state index < -0.39 is 0 Å². The molecule has 2 rings (SSSR count). The Labute approximate surface area is 149 Å². The molecule has 2 aromatic rings. The van der Waals surface area contributed by atoms with Crippen molar-refractivity contribution in [2.45, 2.75) is 26.4 Å². The largest absolute Gasteiger partial charge is 0.497 e. The Balaban J connectivity index is 2.04. The third kappa shape index (κ3) is 5.50. The number of rotatable bonds is 8. The van der Waals surface area contributed by atoms with Crippen LogP contribution in [0, 0.1) is 0 Å². The normalized spacial score (nSPS) is 10.8. The van der Waals surface area contributed by atoms with Crippen molar-refractivity contribution in [2.75, 3.05) is 26.1 Å². The first-order valence-electron chi connectivity index (χ1n) is 8.33. The van der Waals surface area contributed by atoms with Crippen LogP contribution in [-0.4, -0.2) is 37.6 Å². The number of anilines is 1. The molecule has 5 nitrogen and oxygen atoms in total. The van der Waals surface area contributed by atoms with Crippen LogP contribution in [0.2, 0.25) is 0 Å². The first-order valence-corrected chi connectivity index (χ1v) is 8.33. The van der Waals surface area contributed by atoms with Crippen molar-refractivity contribution in [2.24, 2.45) is 0 Å². The molecule has 1 amide bonds. The van der Waals surface area contributed by atoms with Gasteiger partial charge in [0.1, 0.15) is 11.5 Å². The van der Waals surface area contributed by atoms with E-state index in [9.17, 15) is 4.79 Å². The molecular formula is C20H26N2O3. The van der Waals surface area contributed by atoms with Gasteiger partial charge in [-0.3, -0.25) is 9.69 Å². The van der Waals surface area contributed by atoms with Gasteiger partial charge in [0, 0.05) is 18.7 Å². The maximum absolute atomic E-state index is 12.5. The maximum atomic E-state index is 12.5. The molecule has 0 saturated heterocycles. The molecule has 1 N–H and O–H groups in total. The Morgan fingerprint density at radius 1 is 1.08 bits per heavy atom. The predicted molar refractivity (Wildman–Crippen MR) is 100 cm³/mol. The summed E-state index contributed by atoms with van der Waals surface area (Å²) in [4.78, 5) is 14.6. The number of benzene rings is 2. The van der Waals surface area contributed by atoms with Gasteiger partial charge in [0.25, 0.3) is 0 Å². The quantitative estimate of drug-likeness (QED) is 0.797. The fourth-order valence-electron chi connectivity index (χ4n) is 2.51. The van der Waals surface area contributed by atoms with E-state index in [4.69, 9.17) is 9.47 Å². The minimum atomic E-state index is -0.0758. The number of ether oxygens (including phenoxy) is 2. The first kappa shape index (κ1) is 18.8. The molecule has 0 bridgehead atoms. The van der Waals surface area contributed by atoms with E-state index >= 15 is 0 Å². The highest BCUT2D eigenvalue weighted by atomic mass is 16.5. The van der Waals surface area contributed by atoms with Crippen molar-refractivity contribution in [3.63, 3.8) is 0 Å². The van der Waals surface area contributed by atoms with E-state index in [1.54, 1.807) is 32.4 Å². The highest BCUT2D eigenvalue weighted by Gasteiger charge is 2.16. The second-order valence-corrected chi connectivity index (χ2v) is 6.10. The van der Waals surface area contributed by atoms with E-state index in [2.05, 4.69) is 36.2 Å². The molecule has 0 aromatic heterocycles. The van der Waals surface area contributed by atoms with Gasteiger partial charge in [0.05, 0.1) is 26.5 Å². The summed E-state index contributed by atoms with van der Waals surface area (Å²) in [6, 6.07) is 15.7. The highest BCUT2D eigenvalue weighted by molar-refractivity contribution is 5.93. The minimum absolute atomic E-state index is 0.0758. The number of hydrogen-bond donors (Lipinski definition) is 1. The van der Waals surface area contributed by atoms with Gasteiger partial charge in [0.15, 0.2) is 0 Å². The molecule has 0 heterocycles. The number of hydrogen-bond acceptors (Lipinski definition) is 4. The predicted octanol–water partition coefficient (Wildman–Crippen LogP) is 3.55. The van der Waals surface area contributed by atoms with Crippen LogP contribution in [0.3, 0.4) is 0 Å². The second kappa shape index (κ2) is 9.08. The molecule has 25 heavy (non-hydrogen) atoms. The van der Waals surface area contributed by atoms with Crippen molar-refractivity contribution < 1.29 is 14.3 Å². The number of carbonyl (C=O) groups excluding carboxylic acids is 1. The van der Waals surface area contributed by atoms with E-state index in [1.165, 1.54) is 5.56 Å². The molecule has 0 saturated carbocycles. The van der Waals surface area contributed by atoms with Crippen molar-refractivity contribution in [1.29, 1.82) is 0 Å². The van der Waals surface area contributed by atoms with Crippen LogP contribution in [0.1, 0.15) is 19.4 Å². The summed E-state index contributed by atoms with van der Waals surface area (Å²) in [6.45, 7) is 5.21. The monoisotopic (exact) mass is 342 g/mol. The summed E-state index contributed by atoms with van der Waals surface area (Å²) < 4.78 is 10.5. The second-order valence-electron chi connectivity index (χ2n) is 6.10. The molecule has 0 radical (unpaired) electrons. The van der Waals surface area contributed by atoms with E-state index in [1.807, 2.05) is 18.2 Å². The lowest BCUT2D eigenvalue weighted by molar-refractivity contribution is -0.117. The summed E-state index contributed by atoms with van der Waals surface area (Å²) >= 11 is 0. The number of carbonyl (C=O) groups is 1. The van der Waals surface area contributed by atoms with Crippen molar-refractivity contribution in [1.82, 2.24) is 4.90 Å². The zero-order valence-electron chi connectivity index (χ0n) is 15.3. The van der Waals surface area contributed by atoms with Crippen LogP contribution >= 0.6 is 0 Å². The van der Waals surface area contributed by atoms with Gasteiger partial charge in [-0.05, 0) is 31.5 Å². The Bertz CT molecular complexity index is 687. The average molecular weight is 342 g/mol. The summed E-state index contributed by atoms with van der Waals surface area (Å²) in [7, 11) is 3.16. The van der Waals surface area contributed by atoms with Gasteiger partial charge in [0.2, 0.25) is 5.91 Å². The van der Waals surface area contributed by atoms with E-state index in [0.29, 0.717) is 23.7 Å². The van der Waals surface area contributed by atoms with Crippen molar-refractivity contribution >= 4 is 11.6 Å². The number of amides is 1. The fourth-order valence-corrected chi connectivity index (χ4v) is 2.51. The number of methoxy groups -OCH3 is 2. The Morgan fingerprint density at radius 2 is 1.80 bits per heavy atom. The highest BCUT2D eigenvalue weighted by Crippen LogP contribution is 2.29. The maximum Gasteiger partial charge on any atom is 0.238 e. The molecule has 5 heteroatoms. The Kier molecular flexibility index (Phi) is 6.83. The molecule has 0 fully saturated rings. The van der Waals surface area contributed by atoms with Crippen LogP contribution in [0.25, 0.3) is 0 Å². The van der Waals surface area contributed by atoms with E-state index in [0.717, 1.165) is 6.54 Å². The lowest BCUT2D eigenvalue weighted by atomic mass is 10.2. The standard InChI is InChI=1S/C20H26N2O3/c1-15(2)22(13-16-8-6-5-7-9-16)14-20(23)21-18-11-10-17(24-3)12-19(18)25-4/h5-12,15H,13-14H2,1-4H3,(H,21,23). The van der Waals surface area contributed by atoms with Crippen molar-refractivity contribution in [3.05, 3.63) is 54.1 Å². The molecular weight excluding hydrogens is 316 g/mol. The van der Waals surface area contributed by atoms with E-state index in [-0.39, 0.29) is 11.9 Å². The van der Waals surface area contributed by atoms with Crippen molar-refractivity contribution in [3.8, 4) is 11.5 Å². The lowest BCUT2D eigenvalue weighted by Gasteiger charge is -2.26. The molecule has 0 aliphatic heterocycles. The van der Waals surface area contributed by atoms with Gasteiger partial charge < -0.3 is 14.8 Å². The molecule has 0 aliphatic rings. The van der Waals surface area contributed by atoms with Gasteiger partial charge in [-0.1, -0.05) is 30.3 Å². The Hall–Kier alpha value is -2.53. The zero-order valence-corrected chi connectivity index (χ0v) is 15.3. The van der Waals surface area contributed by atoms with Crippen LogP contribution in [0.5, 0.6) is 11.5 Å². The number of nitrogens with zero attached hydrogens (tertiary/aromatic N) is 1. The minimum Gasteiger partial charge on any atom is -0.497 e. The summed E-state index contributed by atoms with van der Waals surface area (Å²) in [5.41, 5.74) is 1.82. The summed E-state index contributed by atoms with van der Waals surface area (Å²) in [6.07, 6.45) is 0. The molecule has 2 aromatic carbocycles. The zero-order chi connectivity index (χ0) is 18.2. The molecule has 0 spiro atoms. The third-order valence-electron chi connectivity index (χ3n) is 3.99. The average Bonchev–Trinajstić information content (AvgIpc) is 2.62. The molecule has 0 unspecified atom stereocenters. The van der Waals surface area contributed by atoms with Gasteiger partial charge >= 0.3 is 0 Å². The lowest BCUT2D eigenvalue weighted by Crippen LogP contribution is -2.37. The summed E-state index contributed by atoms with van der Waals surface area (Å²) in [5.74, 6) is 1.18. The Morgan fingerprint density at radius 3 is 2.40 bits per heavy atom. The molecule has 134 valence electrons. The number of nitrogens with one attached hydrogen (secondary N) is 1. The van der Waals surface area contributed by atoms with Crippen LogP contribution < -0.4 is 14.8 Å². The van der Waals surface area contributed by atoms with Gasteiger partial charge in [-0.2, -0.15) is 0 Å². The van der Waals surface area contributed by atoms with Crippen LogP contribution in [0.15, 0.2) is 48.5 Å². The topological polar surface area (TPSA) is 50.8 Å². The first-order chi connectivity index (χ1) is 12.0. The van der Waals surface area contributed by atoms with Crippen LogP contribution in [0.4, 0.5) is 5.69 Å². The third-order valence-corrected chi connectivity index (χ3v) is 3.99. The molecule has 0 atom stereocenters. The van der Waals surface area contributed by atoms with Crippen LogP contribution in [-0.2, 0) is 11.3 Å².